The van der Waals surface area contributed by atoms with Crippen LogP contribution in [0.1, 0.15) is 22.1 Å². The van der Waals surface area contributed by atoms with E-state index in [-0.39, 0.29) is 5.69 Å². The fourth-order valence-corrected chi connectivity index (χ4v) is 3.19. The molecular weight excluding hydrogens is 423 g/mol. The summed E-state index contributed by atoms with van der Waals surface area (Å²) in [6.07, 6.45) is 0. The van der Waals surface area contributed by atoms with Crippen LogP contribution < -0.4 is 16.2 Å². The summed E-state index contributed by atoms with van der Waals surface area (Å²) in [5.74, 6) is -1.55. The summed E-state index contributed by atoms with van der Waals surface area (Å²) in [6, 6.07) is 24.2. The summed E-state index contributed by atoms with van der Waals surface area (Å²) in [4.78, 5) is 38.3. The minimum Gasteiger partial charge on any atom is -0.335 e. The van der Waals surface area contributed by atoms with Crippen molar-refractivity contribution >= 4 is 17.5 Å². The third kappa shape index (κ3) is 5.19. The number of aromatic nitrogens is 2. The van der Waals surface area contributed by atoms with Gasteiger partial charge in [0.1, 0.15) is 17.6 Å². The molecule has 3 aromatic carbocycles. The summed E-state index contributed by atoms with van der Waals surface area (Å²) in [5, 5.41) is 9.57. The molecule has 0 radical (unpaired) electrons. The van der Waals surface area contributed by atoms with Gasteiger partial charge in [0.15, 0.2) is 0 Å². The van der Waals surface area contributed by atoms with Crippen LogP contribution in [0.15, 0.2) is 102 Å². The number of hydrogen-bond donors (Lipinski definition) is 2. The van der Waals surface area contributed by atoms with Gasteiger partial charge in [-0.05, 0) is 48.0 Å². The molecule has 0 aliphatic carbocycles. The molecule has 164 valence electrons. The van der Waals surface area contributed by atoms with Gasteiger partial charge in [0.2, 0.25) is 0 Å². The number of carbonyl (C=O) groups excluding carboxylic acids is 2. The molecule has 0 fully saturated rings. The van der Waals surface area contributed by atoms with E-state index in [4.69, 9.17) is 0 Å². The number of halogens is 1. The average Bonchev–Trinajstić information content (AvgIpc) is 2.84. The molecule has 1 aromatic heterocycles. The monoisotopic (exact) mass is 442 g/mol. The van der Waals surface area contributed by atoms with Crippen molar-refractivity contribution in [2.75, 3.05) is 5.32 Å². The van der Waals surface area contributed by atoms with Crippen LogP contribution in [0.25, 0.3) is 5.69 Å². The van der Waals surface area contributed by atoms with Crippen LogP contribution in [0, 0.1) is 5.82 Å². The largest absolute Gasteiger partial charge is 0.335 e. The molecule has 4 aromatic rings. The van der Waals surface area contributed by atoms with Crippen LogP contribution in [0.5, 0.6) is 0 Å². The zero-order chi connectivity index (χ0) is 23.2. The fraction of sp³-hybridized carbons (Fsp3) is 0.0400. The Bertz CT molecular complexity index is 1320. The highest BCUT2D eigenvalue weighted by Crippen LogP contribution is 2.17. The van der Waals surface area contributed by atoms with E-state index in [9.17, 15) is 18.8 Å². The number of nitrogens with zero attached hydrogens (tertiary/aromatic N) is 2. The van der Waals surface area contributed by atoms with Gasteiger partial charge in [0.25, 0.3) is 17.4 Å². The third-order valence-electron chi connectivity index (χ3n) is 4.82. The molecule has 2 N–H and O–H groups in total. The highest BCUT2D eigenvalue weighted by molar-refractivity contribution is 6.00. The third-order valence-corrected chi connectivity index (χ3v) is 4.82. The van der Waals surface area contributed by atoms with Gasteiger partial charge >= 0.3 is 0 Å². The minimum atomic E-state index is -1.01. The first kappa shape index (κ1) is 21.6. The summed E-state index contributed by atoms with van der Waals surface area (Å²) >= 11 is 0. The van der Waals surface area contributed by atoms with Crippen LogP contribution in [-0.4, -0.2) is 21.6 Å². The van der Waals surface area contributed by atoms with Crippen molar-refractivity contribution in [1.29, 1.82) is 0 Å². The molecule has 2 amide bonds. The maximum Gasteiger partial charge on any atom is 0.272 e. The number of carbonyl (C=O) groups is 2. The van der Waals surface area contributed by atoms with Gasteiger partial charge in [-0.25, -0.2) is 4.39 Å². The molecule has 4 rings (SSSR count). The minimum absolute atomic E-state index is 0.0765. The molecule has 0 aliphatic heterocycles. The number of anilines is 1. The van der Waals surface area contributed by atoms with Crippen molar-refractivity contribution in [1.82, 2.24) is 15.1 Å². The highest BCUT2D eigenvalue weighted by Gasteiger charge is 2.24. The number of nitrogens with one attached hydrogen (secondary N) is 2. The molecule has 0 bridgehead atoms. The van der Waals surface area contributed by atoms with Gasteiger partial charge < -0.3 is 10.6 Å². The lowest BCUT2D eigenvalue weighted by molar-refractivity contribution is -0.118. The smallest absolute Gasteiger partial charge is 0.272 e. The van der Waals surface area contributed by atoms with Crippen LogP contribution in [-0.2, 0) is 4.79 Å². The van der Waals surface area contributed by atoms with Crippen LogP contribution in [0.3, 0.4) is 0 Å². The Hall–Kier alpha value is -4.59. The normalized spacial score (nSPS) is 11.4. The molecule has 8 heteroatoms. The molecule has 0 spiro atoms. The maximum atomic E-state index is 13.2. The van der Waals surface area contributed by atoms with E-state index in [1.165, 1.54) is 36.4 Å². The molecule has 0 saturated heterocycles. The Morgan fingerprint density at radius 3 is 2.12 bits per heavy atom. The first-order chi connectivity index (χ1) is 16.0. The van der Waals surface area contributed by atoms with Crippen LogP contribution in [0.2, 0.25) is 0 Å². The van der Waals surface area contributed by atoms with Crippen molar-refractivity contribution in [2.24, 2.45) is 0 Å². The molecule has 1 unspecified atom stereocenters. The van der Waals surface area contributed by atoms with E-state index >= 15 is 0 Å². The Kier molecular flexibility index (Phi) is 6.36. The highest BCUT2D eigenvalue weighted by atomic mass is 19.1. The molecule has 0 saturated carbocycles. The van der Waals surface area contributed by atoms with Gasteiger partial charge in [0.05, 0.1) is 5.69 Å². The second-order valence-corrected chi connectivity index (χ2v) is 7.12. The van der Waals surface area contributed by atoms with Gasteiger partial charge in [0, 0.05) is 11.8 Å². The van der Waals surface area contributed by atoms with Crippen molar-refractivity contribution in [2.45, 2.75) is 6.04 Å². The topological polar surface area (TPSA) is 93.1 Å². The first-order valence-electron chi connectivity index (χ1n) is 10.1. The van der Waals surface area contributed by atoms with Crippen molar-refractivity contribution in [3.05, 3.63) is 124 Å². The van der Waals surface area contributed by atoms with Crippen molar-refractivity contribution in [3.8, 4) is 5.69 Å². The fourth-order valence-electron chi connectivity index (χ4n) is 3.19. The molecule has 0 aliphatic rings. The number of para-hydroxylation sites is 1. The predicted molar refractivity (Wildman–Crippen MR) is 122 cm³/mol. The van der Waals surface area contributed by atoms with Gasteiger partial charge in [-0.15, -0.1) is 0 Å². The van der Waals surface area contributed by atoms with Gasteiger partial charge in [-0.1, -0.05) is 48.5 Å². The lowest BCUT2D eigenvalue weighted by Crippen LogP contribution is -2.38. The molecular formula is C25H19FN4O3. The first-order valence-corrected chi connectivity index (χ1v) is 10.1. The summed E-state index contributed by atoms with van der Waals surface area (Å²) in [7, 11) is 0. The van der Waals surface area contributed by atoms with Crippen LogP contribution >= 0.6 is 0 Å². The molecule has 7 nitrogen and oxygen atoms in total. The Morgan fingerprint density at radius 2 is 1.45 bits per heavy atom. The predicted octanol–water partition coefficient (Wildman–Crippen LogP) is 3.48. The van der Waals surface area contributed by atoms with E-state index < -0.39 is 29.2 Å². The number of rotatable bonds is 6. The van der Waals surface area contributed by atoms with Crippen molar-refractivity contribution in [3.63, 3.8) is 0 Å². The number of hydrogen-bond acceptors (Lipinski definition) is 4. The lowest BCUT2D eigenvalue weighted by Gasteiger charge is -2.19. The molecule has 33 heavy (non-hydrogen) atoms. The van der Waals surface area contributed by atoms with E-state index in [2.05, 4.69) is 15.7 Å². The maximum absolute atomic E-state index is 13.2. The second-order valence-electron chi connectivity index (χ2n) is 7.12. The van der Waals surface area contributed by atoms with Gasteiger partial charge in [-0.2, -0.15) is 9.78 Å². The Balaban J connectivity index is 1.62. The zero-order valence-electron chi connectivity index (χ0n) is 17.3. The van der Waals surface area contributed by atoms with Crippen LogP contribution in [0.4, 0.5) is 10.1 Å². The van der Waals surface area contributed by atoms with E-state index in [0.29, 0.717) is 16.9 Å². The van der Waals surface area contributed by atoms with E-state index in [1.807, 2.05) is 6.07 Å². The Morgan fingerprint density at radius 1 is 0.818 bits per heavy atom. The van der Waals surface area contributed by atoms with Crippen molar-refractivity contribution < 1.29 is 14.0 Å². The quantitative estimate of drug-likeness (QED) is 0.478. The number of amides is 2. The lowest BCUT2D eigenvalue weighted by atomic mass is 10.1. The Labute approximate surface area is 188 Å². The van der Waals surface area contributed by atoms with Gasteiger partial charge in [-0.3, -0.25) is 14.4 Å². The standard InChI is InChI=1S/C25H19FN4O3/c26-18-11-13-20(14-12-18)30-22(31)16-15-21(29-30)24(32)28-23(17-7-3-1-4-8-17)25(33)27-19-9-5-2-6-10-19/h1-16,23H,(H,27,33)(H,28,32). The molecule has 1 heterocycles. The average molecular weight is 442 g/mol. The molecule has 1 atom stereocenters. The summed E-state index contributed by atoms with van der Waals surface area (Å²) in [6.45, 7) is 0. The summed E-state index contributed by atoms with van der Waals surface area (Å²) in [5.41, 5.74) is 0.899. The second kappa shape index (κ2) is 9.69. The van der Waals surface area contributed by atoms with E-state index in [1.54, 1.807) is 54.6 Å². The SMILES string of the molecule is O=C(NC(C(=O)Nc1ccccc1)c1ccccc1)c1ccc(=O)n(-c2ccc(F)cc2)n1. The number of benzene rings is 3. The zero-order valence-corrected chi connectivity index (χ0v) is 17.3. The van der Waals surface area contributed by atoms with E-state index in [0.717, 1.165) is 4.68 Å². The summed E-state index contributed by atoms with van der Waals surface area (Å²) < 4.78 is 14.2.